The molecule has 0 aliphatic carbocycles. The zero-order valence-electron chi connectivity index (χ0n) is 15.4. The molecule has 2 aliphatic rings. The molecular weight excluding hydrogens is 392 g/mol. The van der Waals surface area contributed by atoms with Crippen LogP contribution in [0.25, 0.3) is 10.8 Å². The summed E-state index contributed by atoms with van der Waals surface area (Å²) in [4.78, 5) is 19.3. The van der Waals surface area contributed by atoms with Crippen molar-refractivity contribution in [2.24, 2.45) is 4.99 Å². The Bertz CT molecular complexity index is 914. The fraction of sp³-hybridized carbons (Fsp3) is 0.429. The summed E-state index contributed by atoms with van der Waals surface area (Å²) in [6.45, 7) is 6.46. The molecular formula is C21H23BrN2O2. The van der Waals surface area contributed by atoms with Crippen LogP contribution in [0.1, 0.15) is 39.2 Å². The summed E-state index contributed by atoms with van der Waals surface area (Å²) in [6, 6.07) is 10.6. The lowest BCUT2D eigenvalue weighted by molar-refractivity contribution is 0.0265. The monoisotopic (exact) mass is 414 g/mol. The maximum absolute atomic E-state index is 12.6. The molecule has 2 aliphatic heterocycles. The van der Waals surface area contributed by atoms with Gasteiger partial charge in [0, 0.05) is 23.1 Å². The average molecular weight is 415 g/mol. The Balaban J connectivity index is 1.61. The third kappa shape index (κ3) is 3.25. The lowest BCUT2D eigenvalue weighted by Gasteiger charge is -2.28. The van der Waals surface area contributed by atoms with E-state index in [1.807, 2.05) is 25.7 Å². The largest absolute Gasteiger partial charge is 0.444 e. The van der Waals surface area contributed by atoms with Crippen molar-refractivity contribution in [3.63, 3.8) is 0 Å². The first-order valence-corrected chi connectivity index (χ1v) is 9.89. The number of hydrogen-bond acceptors (Lipinski definition) is 3. The number of fused-ring (bicyclic) bond motifs is 3. The van der Waals surface area contributed by atoms with E-state index in [2.05, 4.69) is 46.3 Å². The van der Waals surface area contributed by atoms with Gasteiger partial charge in [-0.3, -0.25) is 9.89 Å². The Hall–Kier alpha value is -1.88. The van der Waals surface area contributed by atoms with E-state index in [1.54, 1.807) is 0 Å². The molecule has 0 radical (unpaired) electrons. The normalized spacial score (nSPS) is 19.6. The van der Waals surface area contributed by atoms with Crippen molar-refractivity contribution in [1.29, 1.82) is 0 Å². The topological polar surface area (TPSA) is 41.9 Å². The molecule has 0 saturated carbocycles. The molecule has 1 fully saturated rings. The highest BCUT2D eigenvalue weighted by Gasteiger charge is 2.37. The summed E-state index contributed by atoms with van der Waals surface area (Å²) in [5.41, 5.74) is 2.90. The van der Waals surface area contributed by atoms with Crippen molar-refractivity contribution in [3.05, 3.63) is 40.4 Å². The fourth-order valence-electron chi connectivity index (χ4n) is 3.86. The summed E-state index contributed by atoms with van der Waals surface area (Å²) < 4.78 is 6.68. The standard InChI is InChI=1S/C21H23BrN2O2/c1-21(2,3)26-20(25)24-10-4-5-19(24)18-12-16-15-8-7-14(22)11-13(15)6-9-17(16)23-18/h6-9,11,19H,4-5,10,12H2,1-3H3/t19-/m0/s1. The van der Waals surface area contributed by atoms with E-state index in [1.165, 1.54) is 16.3 Å². The molecule has 0 spiro atoms. The van der Waals surface area contributed by atoms with E-state index in [-0.39, 0.29) is 12.1 Å². The van der Waals surface area contributed by atoms with Gasteiger partial charge in [-0.05, 0) is 68.1 Å². The Morgan fingerprint density at radius 3 is 2.85 bits per heavy atom. The van der Waals surface area contributed by atoms with Crippen molar-refractivity contribution in [2.75, 3.05) is 6.54 Å². The van der Waals surface area contributed by atoms with Gasteiger partial charge in [0.25, 0.3) is 0 Å². The molecule has 0 aromatic heterocycles. The van der Waals surface area contributed by atoms with Crippen LogP contribution < -0.4 is 0 Å². The Kier molecular flexibility index (Phi) is 4.30. The minimum atomic E-state index is -0.478. The number of rotatable bonds is 1. The van der Waals surface area contributed by atoms with Crippen molar-refractivity contribution in [1.82, 2.24) is 4.90 Å². The number of carbonyl (C=O) groups is 1. The minimum Gasteiger partial charge on any atom is -0.444 e. The quantitative estimate of drug-likeness (QED) is 0.606. The van der Waals surface area contributed by atoms with Crippen LogP contribution in [0.15, 0.2) is 39.8 Å². The van der Waals surface area contributed by atoms with Gasteiger partial charge in [0.05, 0.1) is 11.7 Å². The van der Waals surface area contributed by atoms with Crippen LogP contribution in [-0.2, 0) is 11.2 Å². The first-order valence-electron chi connectivity index (χ1n) is 9.10. The minimum absolute atomic E-state index is 0.0442. The molecule has 2 aromatic carbocycles. The molecule has 2 aromatic rings. The number of likely N-dealkylation sites (tertiary alicyclic amines) is 1. The van der Waals surface area contributed by atoms with Gasteiger partial charge in [0.15, 0.2) is 0 Å². The van der Waals surface area contributed by atoms with Crippen LogP contribution in [0, 0.1) is 0 Å². The molecule has 1 saturated heterocycles. The summed E-state index contributed by atoms with van der Waals surface area (Å²) in [5, 5.41) is 2.45. The van der Waals surface area contributed by atoms with E-state index in [0.29, 0.717) is 0 Å². The van der Waals surface area contributed by atoms with Crippen LogP contribution in [0.2, 0.25) is 0 Å². The van der Waals surface area contributed by atoms with Crippen LogP contribution >= 0.6 is 15.9 Å². The zero-order valence-corrected chi connectivity index (χ0v) is 17.0. The maximum Gasteiger partial charge on any atom is 0.410 e. The number of amides is 1. The van der Waals surface area contributed by atoms with Gasteiger partial charge in [-0.1, -0.05) is 28.1 Å². The summed E-state index contributed by atoms with van der Waals surface area (Å²) in [5.74, 6) is 0. The SMILES string of the molecule is CC(C)(C)OC(=O)N1CCC[C@H]1C1=Nc2ccc3cc(Br)ccc3c2C1. The van der Waals surface area contributed by atoms with Crippen LogP contribution in [0.5, 0.6) is 0 Å². The molecule has 1 atom stereocenters. The third-order valence-electron chi connectivity index (χ3n) is 4.96. The maximum atomic E-state index is 12.6. The zero-order chi connectivity index (χ0) is 18.5. The molecule has 1 amide bonds. The van der Waals surface area contributed by atoms with E-state index in [0.717, 1.165) is 41.7 Å². The first kappa shape index (κ1) is 17.5. The number of carbonyl (C=O) groups excluding carboxylic acids is 1. The van der Waals surface area contributed by atoms with Crippen LogP contribution in [0.3, 0.4) is 0 Å². The Labute approximate surface area is 162 Å². The number of nitrogens with zero attached hydrogens (tertiary/aromatic N) is 2. The van der Waals surface area contributed by atoms with Crippen molar-refractivity contribution in [2.45, 2.75) is 51.7 Å². The molecule has 136 valence electrons. The Morgan fingerprint density at radius 1 is 1.27 bits per heavy atom. The van der Waals surface area contributed by atoms with Gasteiger partial charge >= 0.3 is 6.09 Å². The second kappa shape index (κ2) is 6.38. The molecule has 0 unspecified atom stereocenters. The van der Waals surface area contributed by atoms with Gasteiger partial charge in [0.1, 0.15) is 5.60 Å². The number of aliphatic imine (C=N–C) groups is 1. The second-order valence-corrected chi connectivity index (χ2v) is 8.96. The molecule has 0 bridgehead atoms. The number of halogens is 1. The van der Waals surface area contributed by atoms with Gasteiger partial charge in [-0.2, -0.15) is 0 Å². The fourth-order valence-corrected chi connectivity index (χ4v) is 4.24. The number of hydrogen-bond donors (Lipinski definition) is 0. The lowest BCUT2D eigenvalue weighted by Crippen LogP contribution is -2.43. The van der Waals surface area contributed by atoms with Gasteiger partial charge in [0.2, 0.25) is 0 Å². The highest BCUT2D eigenvalue weighted by Crippen LogP contribution is 2.37. The lowest BCUT2D eigenvalue weighted by atomic mass is 9.98. The van der Waals surface area contributed by atoms with Gasteiger partial charge in [-0.15, -0.1) is 0 Å². The highest BCUT2D eigenvalue weighted by molar-refractivity contribution is 9.10. The number of benzene rings is 2. The summed E-state index contributed by atoms with van der Waals surface area (Å²) in [7, 11) is 0. The highest BCUT2D eigenvalue weighted by atomic mass is 79.9. The van der Waals surface area contributed by atoms with Crippen molar-refractivity contribution >= 4 is 44.2 Å². The first-order chi connectivity index (χ1) is 12.3. The van der Waals surface area contributed by atoms with E-state index in [9.17, 15) is 4.79 Å². The predicted molar refractivity (Wildman–Crippen MR) is 108 cm³/mol. The van der Waals surface area contributed by atoms with Crippen molar-refractivity contribution in [3.8, 4) is 0 Å². The third-order valence-corrected chi connectivity index (χ3v) is 5.45. The molecule has 2 heterocycles. The summed E-state index contributed by atoms with van der Waals surface area (Å²) >= 11 is 3.54. The number of ether oxygens (including phenoxy) is 1. The second-order valence-electron chi connectivity index (χ2n) is 8.04. The van der Waals surface area contributed by atoms with E-state index >= 15 is 0 Å². The average Bonchev–Trinajstić information content (AvgIpc) is 3.19. The van der Waals surface area contributed by atoms with E-state index < -0.39 is 5.60 Å². The van der Waals surface area contributed by atoms with Crippen molar-refractivity contribution < 1.29 is 9.53 Å². The van der Waals surface area contributed by atoms with Gasteiger partial charge < -0.3 is 4.74 Å². The van der Waals surface area contributed by atoms with Gasteiger partial charge in [-0.25, -0.2) is 4.79 Å². The van der Waals surface area contributed by atoms with Crippen LogP contribution in [-0.4, -0.2) is 34.9 Å². The molecule has 4 nitrogen and oxygen atoms in total. The smallest absolute Gasteiger partial charge is 0.410 e. The Morgan fingerprint density at radius 2 is 2.08 bits per heavy atom. The predicted octanol–water partition coefficient (Wildman–Crippen LogP) is 5.63. The molecule has 0 N–H and O–H groups in total. The molecule has 4 rings (SSSR count). The molecule has 26 heavy (non-hydrogen) atoms. The summed E-state index contributed by atoms with van der Waals surface area (Å²) in [6.07, 6.45) is 2.52. The van der Waals surface area contributed by atoms with Crippen LogP contribution in [0.4, 0.5) is 10.5 Å². The molecule has 5 heteroatoms. The van der Waals surface area contributed by atoms with E-state index in [4.69, 9.17) is 9.73 Å².